The van der Waals surface area contributed by atoms with Gasteiger partial charge in [0.1, 0.15) is 0 Å². The molecule has 0 spiro atoms. The van der Waals surface area contributed by atoms with Crippen LogP contribution in [0.1, 0.15) is 18.6 Å². The molecule has 6 nitrogen and oxygen atoms in total. The number of carbonyl (C=O) groups excluding carboxylic acids is 1. The summed E-state index contributed by atoms with van der Waals surface area (Å²) in [5, 5.41) is 20.3. The minimum atomic E-state index is -0.775. The quantitative estimate of drug-likeness (QED) is 0.381. The summed E-state index contributed by atoms with van der Waals surface area (Å²) in [6.07, 6.45) is -0.775. The van der Waals surface area contributed by atoms with Crippen LogP contribution in [0.25, 0.3) is 0 Å². The molecule has 0 aromatic heterocycles. The second kappa shape index (κ2) is 6.36. The van der Waals surface area contributed by atoms with E-state index >= 15 is 0 Å². The molecule has 1 N–H and O–H groups in total. The van der Waals surface area contributed by atoms with Gasteiger partial charge in [-0.2, -0.15) is 0 Å². The Balaban J connectivity index is 2.97. The second-order valence-electron chi connectivity index (χ2n) is 3.53. The molecule has 18 heavy (non-hydrogen) atoms. The zero-order valence-electron chi connectivity index (χ0n) is 9.95. The van der Waals surface area contributed by atoms with Crippen LogP contribution in [0.5, 0.6) is 0 Å². The number of carbonyl (C=O) groups is 1. The molecule has 0 saturated carbocycles. The summed E-state index contributed by atoms with van der Waals surface area (Å²) >= 11 is 1.03. The second-order valence-corrected chi connectivity index (χ2v) is 4.54. The van der Waals surface area contributed by atoms with Crippen LogP contribution in [-0.4, -0.2) is 28.9 Å². The van der Waals surface area contributed by atoms with Crippen LogP contribution >= 0.6 is 11.8 Å². The van der Waals surface area contributed by atoms with Crippen LogP contribution in [0.4, 0.5) is 5.69 Å². The standard InChI is InChI=1S/C11H13NO5S/c1-7(13)8-3-4-10(9(5-8)12(15)16)18-6-11(14)17-2/h3-5,7,13H,6H2,1-2H3/t7-/m0/s1. The van der Waals surface area contributed by atoms with E-state index in [0.29, 0.717) is 10.5 Å². The monoisotopic (exact) mass is 271 g/mol. The number of aliphatic hydroxyl groups excluding tert-OH is 1. The Bertz CT molecular complexity index is 461. The molecule has 7 heteroatoms. The third-order valence-electron chi connectivity index (χ3n) is 2.24. The molecule has 0 unspecified atom stereocenters. The summed E-state index contributed by atoms with van der Waals surface area (Å²) in [6, 6.07) is 4.43. The molecule has 0 heterocycles. The molecule has 0 aliphatic heterocycles. The number of nitro groups is 1. The van der Waals surface area contributed by atoms with Gasteiger partial charge in [-0.05, 0) is 18.6 Å². The van der Waals surface area contributed by atoms with Gasteiger partial charge in [0.05, 0.1) is 28.8 Å². The van der Waals surface area contributed by atoms with E-state index in [-0.39, 0.29) is 11.4 Å². The molecule has 0 amide bonds. The van der Waals surface area contributed by atoms with Crippen molar-refractivity contribution in [1.82, 2.24) is 0 Å². The molecule has 1 aromatic rings. The molecule has 0 saturated heterocycles. The summed E-state index contributed by atoms with van der Waals surface area (Å²) in [5.74, 6) is -0.445. The highest BCUT2D eigenvalue weighted by atomic mass is 32.2. The molecule has 98 valence electrons. The lowest BCUT2D eigenvalue weighted by molar-refractivity contribution is -0.387. The topological polar surface area (TPSA) is 89.7 Å². The average molecular weight is 271 g/mol. The summed E-state index contributed by atoms with van der Waals surface area (Å²) in [6.45, 7) is 1.53. The Morgan fingerprint density at radius 2 is 2.28 bits per heavy atom. The zero-order chi connectivity index (χ0) is 13.7. The summed E-state index contributed by atoms with van der Waals surface area (Å²) in [4.78, 5) is 21.7. The molecular weight excluding hydrogens is 258 g/mol. The third-order valence-corrected chi connectivity index (χ3v) is 3.27. The Hall–Kier alpha value is -1.60. The SMILES string of the molecule is COC(=O)CSc1ccc([C@H](C)O)cc1[N+](=O)[O-]. The molecule has 0 fully saturated rings. The average Bonchev–Trinajstić information content (AvgIpc) is 2.35. The van der Waals surface area contributed by atoms with Gasteiger partial charge < -0.3 is 9.84 Å². The van der Waals surface area contributed by atoms with Gasteiger partial charge in [0.15, 0.2) is 0 Å². The number of aliphatic hydroxyl groups is 1. The molecule has 1 rings (SSSR count). The molecule has 0 aliphatic carbocycles. The van der Waals surface area contributed by atoms with E-state index in [1.165, 1.54) is 26.2 Å². The molecule has 0 bridgehead atoms. The number of thioether (sulfide) groups is 1. The van der Waals surface area contributed by atoms with Gasteiger partial charge in [-0.1, -0.05) is 6.07 Å². The van der Waals surface area contributed by atoms with Crippen molar-refractivity contribution in [3.05, 3.63) is 33.9 Å². The van der Waals surface area contributed by atoms with Gasteiger partial charge in [-0.3, -0.25) is 14.9 Å². The lowest BCUT2D eigenvalue weighted by Crippen LogP contribution is -2.04. The number of hydrogen-bond donors (Lipinski definition) is 1. The number of nitrogens with zero attached hydrogens (tertiary/aromatic N) is 1. The Kier molecular flexibility index (Phi) is 5.11. The highest BCUT2D eigenvalue weighted by Gasteiger charge is 2.17. The van der Waals surface area contributed by atoms with Crippen LogP contribution in [0, 0.1) is 10.1 Å². The molecular formula is C11H13NO5S. The van der Waals surface area contributed by atoms with Crippen molar-refractivity contribution in [2.24, 2.45) is 0 Å². The fourth-order valence-electron chi connectivity index (χ4n) is 1.25. The van der Waals surface area contributed by atoms with Crippen molar-refractivity contribution in [3.8, 4) is 0 Å². The predicted octanol–water partition coefficient (Wildman–Crippen LogP) is 1.91. The summed E-state index contributed by atoms with van der Waals surface area (Å²) < 4.78 is 4.46. The summed E-state index contributed by atoms with van der Waals surface area (Å²) in [7, 11) is 1.26. The number of benzene rings is 1. The van der Waals surface area contributed by atoms with Crippen molar-refractivity contribution >= 4 is 23.4 Å². The van der Waals surface area contributed by atoms with E-state index in [0.717, 1.165) is 11.8 Å². The smallest absolute Gasteiger partial charge is 0.315 e. The van der Waals surface area contributed by atoms with Gasteiger partial charge in [-0.15, -0.1) is 11.8 Å². The number of nitro benzene ring substituents is 1. The Morgan fingerprint density at radius 3 is 2.78 bits per heavy atom. The van der Waals surface area contributed by atoms with Crippen LogP contribution in [0.15, 0.2) is 23.1 Å². The maximum atomic E-state index is 11.0. The van der Waals surface area contributed by atoms with Crippen LogP contribution < -0.4 is 0 Å². The van der Waals surface area contributed by atoms with Crippen molar-refractivity contribution in [3.63, 3.8) is 0 Å². The van der Waals surface area contributed by atoms with Crippen molar-refractivity contribution < 1.29 is 19.6 Å². The summed E-state index contributed by atoms with van der Waals surface area (Å²) in [5.41, 5.74) is 0.339. The Morgan fingerprint density at radius 1 is 1.61 bits per heavy atom. The van der Waals surface area contributed by atoms with Crippen LogP contribution in [0.2, 0.25) is 0 Å². The predicted molar refractivity (Wildman–Crippen MR) is 66.5 cm³/mol. The highest BCUT2D eigenvalue weighted by Crippen LogP contribution is 2.31. The van der Waals surface area contributed by atoms with Gasteiger partial charge in [-0.25, -0.2) is 0 Å². The number of esters is 1. The molecule has 0 radical (unpaired) electrons. The van der Waals surface area contributed by atoms with Gasteiger partial charge in [0.25, 0.3) is 5.69 Å². The number of ether oxygens (including phenoxy) is 1. The van der Waals surface area contributed by atoms with Crippen molar-refractivity contribution in [1.29, 1.82) is 0 Å². The maximum Gasteiger partial charge on any atom is 0.315 e. The maximum absolute atomic E-state index is 11.0. The first-order valence-corrected chi connectivity index (χ1v) is 6.10. The minimum absolute atomic E-state index is 0.00532. The Labute approximate surface area is 108 Å². The van der Waals surface area contributed by atoms with E-state index in [1.807, 2.05) is 0 Å². The van der Waals surface area contributed by atoms with Crippen molar-refractivity contribution in [2.75, 3.05) is 12.9 Å². The van der Waals surface area contributed by atoms with Gasteiger partial charge >= 0.3 is 5.97 Å². The fourth-order valence-corrected chi connectivity index (χ4v) is 2.09. The first-order valence-electron chi connectivity index (χ1n) is 5.11. The van der Waals surface area contributed by atoms with E-state index in [1.54, 1.807) is 6.07 Å². The highest BCUT2D eigenvalue weighted by molar-refractivity contribution is 8.00. The fraction of sp³-hybridized carbons (Fsp3) is 0.364. The number of methoxy groups -OCH3 is 1. The lowest BCUT2D eigenvalue weighted by Gasteiger charge is -2.07. The first-order chi connectivity index (χ1) is 8.45. The van der Waals surface area contributed by atoms with Crippen LogP contribution in [-0.2, 0) is 9.53 Å². The van der Waals surface area contributed by atoms with Gasteiger partial charge in [0.2, 0.25) is 0 Å². The van der Waals surface area contributed by atoms with E-state index in [9.17, 15) is 20.0 Å². The number of hydrogen-bond acceptors (Lipinski definition) is 6. The molecule has 1 aromatic carbocycles. The third kappa shape index (κ3) is 3.71. The van der Waals surface area contributed by atoms with Crippen LogP contribution in [0.3, 0.4) is 0 Å². The number of rotatable bonds is 5. The largest absolute Gasteiger partial charge is 0.468 e. The molecule has 1 atom stereocenters. The normalized spacial score (nSPS) is 11.9. The van der Waals surface area contributed by atoms with E-state index in [4.69, 9.17) is 0 Å². The lowest BCUT2D eigenvalue weighted by atomic mass is 10.1. The van der Waals surface area contributed by atoms with Crippen molar-refractivity contribution in [2.45, 2.75) is 17.9 Å². The van der Waals surface area contributed by atoms with Gasteiger partial charge in [0, 0.05) is 6.07 Å². The zero-order valence-corrected chi connectivity index (χ0v) is 10.8. The van der Waals surface area contributed by atoms with E-state index < -0.39 is 17.0 Å². The molecule has 0 aliphatic rings. The van der Waals surface area contributed by atoms with E-state index in [2.05, 4.69) is 4.74 Å². The first kappa shape index (κ1) is 14.5. The minimum Gasteiger partial charge on any atom is -0.468 e.